The maximum absolute atomic E-state index is 5.19. The van der Waals surface area contributed by atoms with Crippen molar-refractivity contribution in [3.05, 3.63) is 182 Å². The molecule has 52 heavy (non-hydrogen) atoms. The van der Waals surface area contributed by atoms with Crippen LogP contribution < -0.4 is 0 Å². The number of hydrogen-bond acceptors (Lipinski definition) is 4. The molecule has 0 saturated heterocycles. The molecule has 0 aliphatic heterocycles. The van der Waals surface area contributed by atoms with Gasteiger partial charge in [-0.3, -0.25) is 4.98 Å². The third-order valence-electron chi connectivity index (χ3n) is 9.99. The van der Waals surface area contributed by atoms with Gasteiger partial charge >= 0.3 is 0 Å². The molecule has 0 saturated carbocycles. The molecule has 0 bridgehead atoms. The van der Waals surface area contributed by atoms with E-state index in [4.69, 9.17) is 15.0 Å². The summed E-state index contributed by atoms with van der Waals surface area (Å²) in [6.07, 6.45) is 3.73. The molecule has 2 heterocycles. The van der Waals surface area contributed by atoms with Crippen LogP contribution >= 0.6 is 0 Å². The molecule has 0 unspecified atom stereocenters. The predicted octanol–water partition coefficient (Wildman–Crippen LogP) is 12.2. The molecule has 4 nitrogen and oxygen atoms in total. The second-order valence-corrected chi connectivity index (χ2v) is 13.0. The lowest BCUT2D eigenvalue weighted by Gasteiger charge is -2.18. The van der Waals surface area contributed by atoms with Crippen molar-refractivity contribution in [3.8, 4) is 56.4 Å². The second-order valence-electron chi connectivity index (χ2n) is 13.0. The SMILES string of the molecule is c1ccc(-c2nc(-c3ccccc3)nc(-c3ccc(-c4cccnc4)cc3-c3cc4c5ccccc5c5ccccc5c4c4ccccc34)n2)cc1. The summed E-state index contributed by atoms with van der Waals surface area (Å²) in [4.78, 5) is 19.8. The van der Waals surface area contributed by atoms with Crippen LogP contribution in [0.4, 0.5) is 0 Å². The summed E-state index contributed by atoms with van der Waals surface area (Å²) < 4.78 is 0. The standard InChI is InChI=1S/C48H30N4/c1-3-14-31(15-4-1)46-50-47(32-16-5-2-6-17-32)52-48(51-46)41-26-25-33(34-18-13-27-49-30-34)28-42(41)43-29-44-37-21-8-7-19-35(37)36-20-9-11-23-39(36)45(44)40-24-12-10-22-38(40)43/h1-30H. The quantitative estimate of drug-likeness (QED) is 0.172. The van der Waals surface area contributed by atoms with Gasteiger partial charge in [-0.25, -0.2) is 15.0 Å². The van der Waals surface area contributed by atoms with Crippen LogP contribution in [-0.2, 0) is 0 Å². The van der Waals surface area contributed by atoms with Crippen molar-refractivity contribution < 1.29 is 0 Å². The summed E-state index contributed by atoms with van der Waals surface area (Å²) in [6.45, 7) is 0. The molecule has 242 valence electrons. The number of nitrogens with zero attached hydrogens (tertiary/aromatic N) is 4. The Balaban J connectivity index is 1.33. The Morgan fingerprint density at radius 2 is 0.788 bits per heavy atom. The molecule has 0 N–H and O–H groups in total. The van der Waals surface area contributed by atoms with Crippen LogP contribution in [0.5, 0.6) is 0 Å². The highest BCUT2D eigenvalue weighted by Crippen LogP contribution is 2.45. The number of rotatable bonds is 5. The van der Waals surface area contributed by atoms with Crippen LogP contribution in [0, 0.1) is 0 Å². The monoisotopic (exact) mass is 662 g/mol. The molecule has 0 atom stereocenters. The summed E-state index contributed by atoms with van der Waals surface area (Å²) in [5, 5.41) is 9.83. The van der Waals surface area contributed by atoms with Crippen LogP contribution in [-0.4, -0.2) is 19.9 Å². The Labute approximate surface area is 300 Å². The Bertz CT molecular complexity index is 2880. The predicted molar refractivity (Wildman–Crippen MR) is 215 cm³/mol. The minimum atomic E-state index is 0.619. The van der Waals surface area contributed by atoms with Gasteiger partial charge in [0.15, 0.2) is 17.5 Å². The lowest BCUT2D eigenvalue weighted by molar-refractivity contribution is 1.07. The first-order valence-corrected chi connectivity index (χ1v) is 17.5. The zero-order valence-corrected chi connectivity index (χ0v) is 28.1. The van der Waals surface area contributed by atoms with Gasteiger partial charge in [0, 0.05) is 34.6 Å². The molecule has 0 spiro atoms. The Morgan fingerprint density at radius 1 is 0.288 bits per heavy atom. The maximum atomic E-state index is 5.19. The van der Waals surface area contributed by atoms with Crippen molar-refractivity contribution in [2.75, 3.05) is 0 Å². The van der Waals surface area contributed by atoms with Gasteiger partial charge in [-0.05, 0) is 84.0 Å². The van der Waals surface area contributed by atoms with Gasteiger partial charge < -0.3 is 0 Å². The minimum absolute atomic E-state index is 0.619. The van der Waals surface area contributed by atoms with Gasteiger partial charge in [0.1, 0.15) is 0 Å². The van der Waals surface area contributed by atoms with E-state index in [1.54, 1.807) is 0 Å². The van der Waals surface area contributed by atoms with Crippen molar-refractivity contribution in [1.29, 1.82) is 0 Å². The highest BCUT2D eigenvalue weighted by molar-refractivity contribution is 6.33. The fourth-order valence-electron chi connectivity index (χ4n) is 7.59. The first-order chi connectivity index (χ1) is 25.8. The molecular weight excluding hydrogens is 633 g/mol. The topological polar surface area (TPSA) is 51.6 Å². The van der Waals surface area contributed by atoms with E-state index >= 15 is 0 Å². The lowest BCUT2D eigenvalue weighted by Crippen LogP contribution is -2.01. The van der Waals surface area contributed by atoms with Crippen LogP contribution in [0.3, 0.4) is 0 Å². The molecule has 0 amide bonds. The summed E-state index contributed by atoms with van der Waals surface area (Å²) in [6, 6.07) is 59.7. The van der Waals surface area contributed by atoms with Gasteiger partial charge in [0.05, 0.1) is 0 Å². The number of fused-ring (bicyclic) bond motifs is 8. The van der Waals surface area contributed by atoms with E-state index < -0.39 is 0 Å². The number of benzene rings is 8. The van der Waals surface area contributed by atoms with Gasteiger partial charge in [0.2, 0.25) is 0 Å². The minimum Gasteiger partial charge on any atom is -0.264 e. The van der Waals surface area contributed by atoms with E-state index in [2.05, 4.69) is 108 Å². The van der Waals surface area contributed by atoms with Gasteiger partial charge in [-0.2, -0.15) is 0 Å². The maximum Gasteiger partial charge on any atom is 0.164 e. The van der Waals surface area contributed by atoms with E-state index in [1.165, 1.54) is 43.1 Å². The molecule has 8 aromatic carbocycles. The lowest BCUT2D eigenvalue weighted by atomic mass is 9.85. The second kappa shape index (κ2) is 12.4. The highest BCUT2D eigenvalue weighted by Gasteiger charge is 2.20. The van der Waals surface area contributed by atoms with Crippen LogP contribution in [0.15, 0.2) is 182 Å². The molecule has 10 rings (SSSR count). The first kappa shape index (κ1) is 29.8. The van der Waals surface area contributed by atoms with Crippen molar-refractivity contribution >= 4 is 43.1 Å². The molecule has 4 heteroatoms. The Kier molecular flexibility index (Phi) is 7.10. The third-order valence-corrected chi connectivity index (χ3v) is 9.99. The van der Waals surface area contributed by atoms with Crippen LogP contribution in [0.1, 0.15) is 0 Å². The molecule has 0 radical (unpaired) electrons. The first-order valence-electron chi connectivity index (χ1n) is 17.5. The fourth-order valence-corrected chi connectivity index (χ4v) is 7.59. The highest BCUT2D eigenvalue weighted by atomic mass is 15.0. The molecule has 2 aromatic heterocycles. The van der Waals surface area contributed by atoms with Crippen molar-refractivity contribution in [2.45, 2.75) is 0 Å². The largest absolute Gasteiger partial charge is 0.264 e. The summed E-state index contributed by atoms with van der Waals surface area (Å²) >= 11 is 0. The average molecular weight is 663 g/mol. The third kappa shape index (κ3) is 5.00. The molecule has 0 aliphatic carbocycles. The van der Waals surface area contributed by atoms with Crippen LogP contribution in [0.25, 0.3) is 99.5 Å². The molecule has 0 fully saturated rings. The Hall–Kier alpha value is -7.04. The normalized spacial score (nSPS) is 11.5. The zero-order valence-electron chi connectivity index (χ0n) is 28.1. The molecule has 10 aromatic rings. The summed E-state index contributed by atoms with van der Waals surface area (Å²) in [5.41, 5.74) is 7.08. The van der Waals surface area contributed by atoms with E-state index in [0.717, 1.165) is 38.9 Å². The fraction of sp³-hybridized carbons (Fsp3) is 0. The molecular formula is C48H30N4. The van der Waals surface area contributed by atoms with Gasteiger partial charge in [-0.15, -0.1) is 0 Å². The number of aromatic nitrogens is 4. The van der Waals surface area contributed by atoms with Crippen molar-refractivity contribution in [2.24, 2.45) is 0 Å². The van der Waals surface area contributed by atoms with E-state index in [0.29, 0.717) is 17.5 Å². The van der Waals surface area contributed by atoms with Crippen LogP contribution in [0.2, 0.25) is 0 Å². The average Bonchev–Trinajstić information content (AvgIpc) is 3.24. The number of hydrogen-bond donors (Lipinski definition) is 0. The summed E-state index contributed by atoms with van der Waals surface area (Å²) in [7, 11) is 0. The Morgan fingerprint density at radius 3 is 1.40 bits per heavy atom. The van der Waals surface area contributed by atoms with Gasteiger partial charge in [0.25, 0.3) is 0 Å². The van der Waals surface area contributed by atoms with Gasteiger partial charge in [-0.1, -0.05) is 146 Å². The number of pyridine rings is 1. The van der Waals surface area contributed by atoms with E-state index in [9.17, 15) is 0 Å². The van der Waals surface area contributed by atoms with Crippen molar-refractivity contribution in [1.82, 2.24) is 19.9 Å². The zero-order chi connectivity index (χ0) is 34.4. The summed E-state index contributed by atoms with van der Waals surface area (Å²) in [5.74, 6) is 1.88. The van der Waals surface area contributed by atoms with E-state index in [1.807, 2.05) is 79.1 Å². The molecule has 0 aliphatic rings. The van der Waals surface area contributed by atoms with Crippen molar-refractivity contribution in [3.63, 3.8) is 0 Å². The van der Waals surface area contributed by atoms with E-state index in [-0.39, 0.29) is 0 Å². The smallest absolute Gasteiger partial charge is 0.164 e.